The van der Waals surface area contributed by atoms with E-state index < -0.39 is 0 Å². The third-order valence-corrected chi connectivity index (χ3v) is 4.67. The number of thiophene rings is 1. The molecule has 0 aliphatic carbocycles. The molecule has 1 aromatic heterocycles. The Morgan fingerprint density at radius 3 is 2.07 bits per heavy atom. The fourth-order valence-electron chi connectivity index (χ4n) is 2.43. The Kier molecular flexibility index (Phi) is 5.73. The van der Waals surface area contributed by atoms with E-state index in [1.807, 2.05) is 11.4 Å². The average molecular weight is 382 g/mol. The zero-order chi connectivity index (χ0) is 19.2. The van der Waals surface area contributed by atoms with Gasteiger partial charge >= 0.3 is 0 Å². The fourth-order valence-corrected chi connectivity index (χ4v) is 3.05. The van der Waals surface area contributed by atoms with Gasteiger partial charge in [0.15, 0.2) is 0 Å². The number of carbonyl (C=O) groups excluding carboxylic acids is 2. The molecule has 2 amide bonds. The maximum Gasteiger partial charge on any atom is 0.265 e. The molecule has 0 radical (unpaired) electrons. The van der Waals surface area contributed by atoms with Crippen LogP contribution >= 0.6 is 11.3 Å². The van der Waals surface area contributed by atoms with Crippen LogP contribution in [-0.4, -0.2) is 26.0 Å². The third-order valence-electron chi connectivity index (χ3n) is 3.80. The summed E-state index contributed by atoms with van der Waals surface area (Å²) in [7, 11) is 3.04. The van der Waals surface area contributed by atoms with Crippen LogP contribution in [0.4, 0.5) is 11.4 Å². The van der Waals surface area contributed by atoms with Gasteiger partial charge < -0.3 is 20.1 Å². The highest BCUT2D eigenvalue weighted by Crippen LogP contribution is 2.25. The highest BCUT2D eigenvalue weighted by atomic mass is 32.1. The number of amides is 2. The SMILES string of the molecule is COc1ccc(OC)c(C(=O)Nc2ccc(NC(=O)c3cccs3)cc2)c1. The van der Waals surface area contributed by atoms with Crippen LogP contribution in [0.2, 0.25) is 0 Å². The molecule has 0 aliphatic rings. The standard InChI is InChI=1S/C20H18N2O4S/c1-25-15-9-10-17(26-2)16(12-15)19(23)21-13-5-7-14(8-6-13)22-20(24)18-4-3-11-27-18/h3-12H,1-2H3,(H,21,23)(H,22,24). The quantitative estimate of drug-likeness (QED) is 0.667. The molecule has 0 atom stereocenters. The van der Waals surface area contributed by atoms with Gasteiger partial charge in [-0.1, -0.05) is 6.07 Å². The second-order valence-electron chi connectivity index (χ2n) is 5.53. The van der Waals surface area contributed by atoms with Crippen molar-refractivity contribution in [2.24, 2.45) is 0 Å². The first-order valence-corrected chi connectivity index (χ1v) is 8.97. The van der Waals surface area contributed by atoms with Crippen LogP contribution < -0.4 is 20.1 Å². The Labute approximate surface area is 160 Å². The number of rotatable bonds is 6. The molecule has 0 fully saturated rings. The second kappa shape index (κ2) is 8.37. The van der Waals surface area contributed by atoms with E-state index in [1.54, 1.807) is 48.5 Å². The van der Waals surface area contributed by atoms with Gasteiger partial charge in [-0.3, -0.25) is 9.59 Å². The summed E-state index contributed by atoms with van der Waals surface area (Å²) in [5.74, 6) is 0.532. The Bertz CT molecular complexity index is 937. The number of anilines is 2. The smallest absolute Gasteiger partial charge is 0.265 e. The minimum absolute atomic E-state index is 0.164. The molecule has 7 heteroatoms. The van der Waals surface area contributed by atoms with Crippen molar-refractivity contribution in [3.63, 3.8) is 0 Å². The summed E-state index contributed by atoms with van der Waals surface area (Å²) in [5, 5.41) is 7.47. The number of nitrogens with one attached hydrogen (secondary N) is 2. The summed E-state index contributed by atoms with van der Waals surface area (Å²) >= 11 is 1.37. The maximum atomic E-state index is 12.6. The lowest BCUT2D eigenvalue weighted by atomic mass is 10.1. The highest BCUT2D eigenvalue weighted by molar-refractivity contribution is 7.12. The van der Waals surface area contributed by atoms with Crippen molar-refractivity contribution in [2.45, 2.75) is 0 Å². The van der Waals surface area contributed by atoms with E-state index in [2.05, 4.69) is 10.6 Å². The van der Waals surface area contributed by atoms with E-state index in [0.717, 1.165) is 0 Å². The molecule has 138 valence electrons. The molecule has 0 unspecified atom stereocenters. The van der Waals surface area contributed by atoms with Crippen molar-refractivity contribution in [1.29, 1.82) is 0 Å². The number of methoxy groups -OCH3 is 2. The number of hydrogen-bond donors (Lipinski definition) is 2. The van der Waals surface area contributed by atoms with Crippen molar-refractivity contribution in [3.05, 3.63) is 70.4 Å². The largest absolute Gasteiger partial charge is 0.497 e. The third kappa shape index (κ3) is 4.45. The van der Waals surface area contributed by atoms with Gasteiger partial charge in [-0.25, -0.2) is 0 Å². The Balaban J connectivity index is 1.69. The van der Waals surface area contributed by atoms with Crippen LogP contribution in [0.15, 0.2) is 60.0 Å². The lowest BCUT2D eigenvalue weighted by Gasteiger charge is -2.11. The van der Waals surface area contributed by atoms with Gasteiger partial charge in [-0.2, -0.15) is 0 Å². The monoisotopic (exact) mass is 382 g/mol. The molecule has 0 saturated carbocycles. The van der Waals surface area contributed by atoms with Crippen molar-refractivity contribution in [1.82, 2.24) is 0 Å². The van der Waals surface area contributed by atoms with Gasteiger partial charge in [0.25, 0.3) is 11.8 Å². The molecular weight excluding hydrogens is 364 g/mol. The van der Waals surface area contributed by atoms with Gasteiger partial charge in [0.05, 0.1) is 24.7 Å². The van der Waals surface area contributed by atoms with Gasteiger partial charge in [0.2, 0.25) is 0 Å². The highest BCUT2D eigenvalue weighted by Gasteiger charge is 2.14. The van der Waals surface area contributed by atoms with Crippen LogP contribution in [-0.2, 0) is 0 Å². The molecular formula is C20H18N2O4S. The predicted molar refractivity (Wildman–Crippen MR) is 106 cm³/mol. The summed E-state index contributed by atoms with van der Waals surface area (Å²) in [5.41, 5.74) is 1.61. The van der Waals surface area contributed by atoms with Crippen molar-refractivity contribution >= 4 is 34.5 Å². The first-order valence-electron chi connectivity index (χ1n) is 8.09. The van der Waals surface area contributed by atoms with E-state index in [0.29, 0.717) is 33.3 Å². The van der Waals surface area contributed by atoms with Crippen LogP contribution in [0.1, 0.15) is 20.0 Å². The van der Waals surface area contributed by atoms with Gasteiger partial charge in [-0.05, 0) is 53.9 Å². The molecule has 0 spiro atoms. The van der Waals surface area contributed by atoms with Crippen LogP contribution in [0.25, 0.3) is 0 Å². The molecule has 2 N–H and O–H groups in total. The average Bonchev–Trinajstić information content (AvgIpc) is 3.24. The Morgan fingerprint density at radius 2 is 1.52 bits per heavy atom. The summed E-state index contributed by atoms with van der Waals surface area (Å²) in [4.78, 5) is 25.3. The van der Waals surface area contributed by atoms with Crippen LogP contribution in [0, 0.1) is 0 Å². The molecule has 2 aromatic carbocycles. The predicted octanol–water partition coefficient (Wildman–Crippen LogP) is 4.27. The number of hydrogen-bond acceptors (Lipinski definition) is 5. The number of carbonyl (C=O) groups is 2. The molecule has 3 rings (SSSR count). The zero-order valence-electron chi connectivity index (χ0n) is 14.8. The maximum absolute atomic E-state index is 12.6. The summed E-state index contributed by atoms with van der Waals surface area (Å²) < 4.78 is 10.4. The molecule has 0 bridgehead atoms. The zero-order valence-corrected chi connectivity index (χ0v) is 15.6. The lowest BCUT2D eigenvalue weighted by Crippen LogP contribution is -2.14. The second-order valence-corrected chi connectivity index (χ2v) is 6.48. The molecule has 0 aliphatic heterocycles. The summed E-state index contributed by atoms with van der Waals surface area (Å²) in [6, 6.07) is 15.5. The van der Waals surface area contributed by atoms with Crippen LogP contribution in [0.5, 0.6) is 11.5 Å². The van der Waals surface area contributed by atoms with E-state index >= 15 is 0 Å². The summed E-state index contributed by atoms with van der Waals surface area (Å²) in [6.07, 6.45) is 0. The van der Waals surface area contributed by atoms with Gasteiger partial charge in [0.1, 0.15) is 11.5 Å². The van der Waals surface area contributed by atoms with Gasteiger partial charge in [0, 0.05) is 11.4 Å². The van der Waals surface area contributed by atoms with Crippen LogP contribution in [0.3, 0.4) is 0 Å². The summed E-state index contributed by atoms with van der Waals surface area (Å²) in [6.45, 7) is 0. The fraction of sp³-hybridized carbons (Fsp3) is 0.100. The number of ether oxygens (including phenoxy) is 2. The minimum Gasteiger partial charge on any atom is -0.497 e. The molecule has 3 aromatic rings. The van der Waals surface area contributed by atoms with E-state index in [-0.39, 0.29) is 11.8 Å². The van der Waals surface area contributed by atoms with Crippen molar-refractivity contribution in [3.8, 4) is 11.5 Å². The van der Waals surface area contributed by atoms with Crippen molar-refractivity contribution < 1.29 is 19.1 Å². The first kappa shape index (κ1) is 18.5. The molecule has 1 heterocycles. The van der Waals surface area contributed by atoms with Gasteiger partial charge in [-0.15, -0.1) is 11.3 Å². The van der Waals surface area contributed by atoms with Crippen molar-refractivity contribution in [2.75, 3.05) is 24.9 Å². The lowest BCUT2D eigenvalue weighted by molar-refractivity contribution is 0.101. The molecule has 6 nitrogen and oxygen atoms in total. The van der Waals surface area contributed by atoms with E-state index in [1.165, 1.54) is 25.6 Å². The normalized spacial score (nSPS) is 10.1. The topological polar surface area (TPSA) is 76.7 Å². The van der Waals surface area contributed by atoms with E-state index in [4.69, 9.17) is 9.47 Å². The first-order chi connectivity index (χ1) is 13.1. The Morgan fingerprint density at radius 1 is 0.852 bits per heavy atom. The van der Waals surface area contributed by atoms with E-state index in [9.17, 15) is 9.59 Å². The molecule has 27 heavy (non-hydrogen) atoms. The minimum atomic E-state index is -0.318. The molecule has 0 saturated heterocycles. The Hall–Kier alpha value is -3.32. The number of benzene rings is 2.